The molecular formula is C8H5ClN2. The minimum absolute atomic E-state index is 0.500. The van der Waals surface area contributed by atoms with Gasteiger partial charge in [-0.05, 0) is 24.9 Å². The summed E-state index contributed by atoms with van der Waals surface area (Å²) in [5, 5.41) is 9.02. The number of rotatable bonds is 1. The summed E-state index contributed by atoms with van der Waals surface area (Å²) in [6.07, 6.45) is 0. The van der Waals surface area contributed by atoms with Crippen LogP contribution in [0.25, 0.3) is 0 Å². The molecule has 2 nitrogen and oxygen atoms in total. The van der Waals surface area contributed by atoms with Gasteiger partial charge in [-0.3, -0.25) is 4.99 Å². The quantitative estimate of drug-likeness (QED) is 0.588. The Morgan fingerprint density at radius 3 is 2.73 bits per heavy atom. The van der Waals surface area contributed by atoms with Crippen LogP contribution in [0, 0.1) is 11.3 Å². The zero-order valence-electron chi connectivity index (χ0n) is 5.71. The van der Waals surface area contributed by atoms with Gasteiger partial charge in [0.25, 0.3) is 0 Å². The summed E-state index contributed by atoms with van der Waals surface area (Å²) in [6, 6.07) is 6.82. The van der Waals surface area contributed by atoms with E-state index in [-0.39, 0.29) is 0 Å². The second kappa shape index (κ2) is 3.18. The van der Waals surface area contributed by atoms with Crippen LogP contribution < -0.4 is 0 Å². The van der Waals surface area contributed by atoms with Crippen LogP contribution in [0.15, 0.2) is 23.2 Å². The van der Waals surface area contributed by atoms with Crippen LogP contribution in [-0.2, 0) is 0 Å². The van der Waals surface area contributed by atoms with Crippen LogP contribution in [-0.4, -0.2) is 6.72 Å². The molecule has 1 rings (SSSR count). The Kier molecular flexibility index (Phi) is 2.25. The van der Waals surface area contributed by atoms with Gasteiger partial charge in [-0.15, -0.1) is 0 Å². The van der Waals surface area contributed by atoms with Crippen LogP contribution in [0.4, 0.5) is 5.69 Å². The van der Waals surface area contributed by atoms with Gasteiger partial charge in [0.1, 0.15) is 0 Å². The first kappa shape index (κ1) is 7.77. The monoisotopic (exact) mass is 164 g/mol. The molecule has 11 heavy (non-hydrogen) atoms. The van der Waals surface area contributed by atoms with Crippen molar-refractivity contribution in [3.63, 3.8) is 0 Å². The predicted molar refractivity (Wildman–Crippen MR) is 45.4 cm³/mol. The van der Waals surface area contributed by atoms with E-state index in [1.807, 2.05) is 6.07 Å². The van der Waals surface area contributed by atoms with Gasteiger partial charge >= 0.3 is 0 Å². The Labute approximate surface area is 69.8 Å². The average molecular weight is 165 g/mol. The number of hydrogen-bond donors (Lipinski definition) is 0. The van der Waals surface area contributed by atoms with Crippen LogP contribution in [0.5, 0.6) is 0 Å². The third-order valence-corrected chi connectivity index (χ3v) is 1.41. The van der Waals surface area contributed by atoms with E-state index in [4.69, 9.17) is 16.9 Å². The average Bonchev–Trinajstić information content (AvgIpc) is 2.03. The SMILES string of the molecule is C=Nc1cc(Cl)cc(C#N)c1. The zero-order valence-corrected chi connectivity index (χ0v) is 6.47. The summed E-state index contributed by atoms with van der Waals surface area (Å²) < 4.78 is 0. The van der Waals surface area contributed by atoms with Gasteiger partial charge in [0.05, 0.1) is 17.3 Å². The Morgan fingerprint density at radius 1 is 1.45 bits per heavy atom. The highest BCUT2D eigenvalue weighted by Crippen LogP contribution is 2.20. The lowest BCUT2D eigenvalue weighted by atomic mass is 10.2. The molecule has 0 spiro atoms. The molecule has 0 atom stereocenters. The molecule has 0 heterocycles. The first-order valence-corrected chi connectivity index (χ1v) is 3.31. The Balaban J connectivity index is 3.25. The molecule has 0 amide bonds. The molecule has 0 fully saturated rings. The van der Waals surface area contributed by atoms with Gasteiger partial charge in [0.15, 0.2) is 0 Å². The lowest BCUT2D eigenvalue weighted by Crippen LogP contribution is -1.73. The van der Waals surface area contributed by atoms with E-state index < -0.39 is 0 Å². The summed E-state index contributed by atoms with van der Waals surface area (Å²) in [7, 11) is 0. The third kappa shape index (κ3) is 1.79. The normalized spacial score (nSPS) is 8.73. The highest BCUT2D eigenvalue weighted by molar-refractivity contribution is 6.30. The summed E-state index contributed by atoms with van der Waals surface area (Å²) in [5.41, 5.74) is 1.12. The van der Waals surface area contributed by atoms with Crippen LogP contribution in [0.3, 0.4) is 0 Å². The van der Waals surface area contributed by atoms with Crippen molar-refractivity contribution in [2.45, 2.75) is 0 Å². The predicted octanol–water partition coefficient (Wildman–Crippen LogP) is 2.54. The first-order chi connectivity index (χ1) is 5.26. The molecule has 54 valence electrons. The zero-order chi connectivity index (χ0) is 8.27. The molecule has 1 aromatic carbocycles. The Bertz CT molecular complexity index is 325. The van der Waals surface area contributed by atoms with E-state index in [0.717, 1.165) is 0 Å². The largest absolute Gasteiger partial charge is 0.265 e. The smallest absolute Gasteiger partial charge is 0.0992 e. The van der Waals surface area contributed by atoms with E-state index in [1.54, 1.807) is 18.2 Å². The third-order valence-electron chi connectivity index (χ3n) is 1.19. The molecule has 0 aliphatic rings. The molecule has 0 N–H and O–H groups in total. The van der Waals surface area contributed by atoms with Crippen molar-refractivity contribution in [1.29, 1.82) is 5.26 Å². The fourth-order valence-electron chi connectivity index (χ4n) is 0.730. The molecule has 0 bridgehead atoms. The molecule has 0 aliphatic carbocycles. The maximum atomic E-state index is 8.51. The van der Waals surface area contributed by atoms with E-state index in [2.05, 4.69) is 11.7 Å². The van der Waals surface area contributed by atoms with Crippen molar-refractivity contribution in [2.24, 2.45) is 4.99 Å². The van der Waals surface area contributed by atoms with Gasteiger partial charge in [-0.25, -0.2) is 0 Å². The molecule has 3 heteroatoms. The number of nitrogens with zero attached hydrogens (tertiary/aromatic N) is 2. The highest BCUT2D eigenvalue weighted by Gasteiger charge is 1.95. The van der Waals surface area contributed by atoms with E-state index in [0.29, 0.717) is 16.3 Å². The maximum Gasteiger partial charge on any atom is 0.0992 e. The summed E-state index contributed by atoms with van der Waals surface area (Å²) in [4.78, 5) is 3.65. The number of hydrogen-bond acceptors (Lipinski definition) is 2. The van der Waals surface area contributed by atoms with Gasteiger partial charge in [-0.2, -0.15) is 5.26 Å². The van der Waals surface area contributed by atoms with Crippen molar-refractivity contribution in [1.82, 2.24) is 0 Å². The molecule has 0 aromatic heterocycles. The summed E-state index contributed by atoms with van der Waals surface area (Å²) in [6.45, 7) is 3.33. The number of benzene rings is 1. The number of nitriles is 1. The molecule has 0 saturated carbocycles. The number of halogens is 1. The van der Waals surface area contributed by atoms with Gasteiger partial charge < -0.3 is 0 Å². The van der Waals surface area contributed by atoms with Crippen LogP contribution >= 0.6 is 11.6 Å². The van der Waals surface area contributed by atoms with Crippen molar-refractivity contribution in [3.05, 3.63) is 28.8 Å². The van der Waals surface area contributed by atoms with Crippen molar-refractivity contribution in [3.8, 4) is 6.07 Å². The Morgan fingerprint density at radius 2 is 2.18 bits per heavy atom. The first-order valence-electron chi connectivity index (χ1n) is 2.93. The van der Waals surface area contributed by atoms with E-state index in [9.17, 15) is 0 Å². The molecule has 0 saturated heterocycles. The molecule has 0 radical (unpaired) electrons. The maximum absolute atomic E-state index is 8.51. The lowest BCUT2D eigenvalue weighted by molar-refractivity contribution is 1.46. The second-order valence-corrected chi connectivity index (χ2v) is 2.40. The fraction of sp³-hybridized carbons (Fsp3) is 0. The van der Waals surface area contributed by atoms with Crippen molar-refractivity contribution >= 4 is 24.0 Å². The summed E-state index contributed by atoms with van der Waals surface area (Å²) in [5.74, 6) is 0. The minimum Gasteiger partial charge on any atom is -0.265 e. The highest BCUT2D eigenvalue weighted by atomic mass is 35.5. The topological polar surface area (TPSA) is 36.1 Å². The molecular weight excluding hydrogens is 160 g/mol. The van der Waals surface area contributed by atoms with Crippen LogP contribution in [0.1, 0.15) is 5.56 Å². The molecule has 0 unspecified atom stereocenters. The molecule has 1 aromatic rings. The standard InChI is InChI=1S/C8H5ClN2/c1-11-8-3-6(5-10)2-7(9)4-8/h2-4H,1H2. The minimum atomic E-state index is 0.500. The lowest BCUT2D eigenvalue weighted by Gasteiger charge is -1.94. The van der Waals surface area contributed by atoms with E-state index >= 15 is 0 Å². The van der Waals surface area contributed by atoms with Gasteiger partial charge in [-0.1, -0.05) is 11.6 Å². The number of aliphatic imine (C=N–C) groups is 1. The Hall–Kier alpha value is -1.33. The van der Waals surface area contributed by atoms with Crippen molar-refractivity contribution < 1.29 is 0 Å². The molecule has 0 aliphatic heterocycles. The van der Waals surface area contributed by atoms with Gasteiger partial charge in [0.2, 0.25) is 0 Å². The fourth-order valence-corrected chi connectivity index (χ4v) is 0.959. The van der Waals surface area contributed by atoms with Gasteiger partial charge in [0, 0.05) is 5.02 Å². The second-order valence-electron chi connectivity index (χ2n) is 1.97. The van der Waals surface area contributed by atoms with E-state index in [1.165, 1.54) is 0 Å². The van der Waals surface area contributed by atoms with Crippen molar-refractivity contribution in [2.75, 3.05) is 0 Å². The summed E-state index contributed by atoms with van der Waals surface area (Å²) >= 11 is 5.67. The van der Waals surface area contributed by atoms with Crippen LogP contribution in [0.2, 0.25) is 5.02 Å².